The van der Waals surface area contributed by atoms with E-state index in [1.165, 1.54) is 21.6 Å². The first-order valence-corrected chi connectivity index (χ1v) is 10.1. The molecule has 2 aliphatic rings. The van der Waals surface area contributed by atoms with Crippen molar-refractivity contribution in [3.05, 3.63) is 57.3 Å². The van der Waals surface area contributed by atoms with Crippen LogP contribution in [-0.2, 0) is 16.0 Å². The van der Waals surface area contributed by atoms with Gasteiger partial charge >= 0.3 is 0 Å². The van der Waals surface area contributed by atoms with Crippen LogP contribution in [0.1, 0.15) is 47.4 Å². The van der Waals surface area contributed by atoms with E-state index in [2.05, 4.69) is 30.5 Å². The molecule has 0 spiro atoms. The molecule has 2 heterocycles. The van der Waals surface area contributed by atoms with Crippen LogP contribution in [0.4, 0.5) is 0 Å². The fourth-order valence-corrected chi connectivity index (χ4v) is 4.84. The summed E-state index contributed by atoms with van der Waals surface area (Å²) in [4.78, 5) is 30.3. The van der Waals surface area contributed by atoms with E-state index < -0.39 is 0 Å². The Kier molecular flexibility index (Phi) is 4.57. The first-order valence-electron chi connectivity index (χ1n) is 9.24. The van der Waals surface area contributed by atoms with E-state index in [1.54, 1.807) is 23.2 Å². The van der Waals surface area contributed by atoms with Crippen molar-refractivity contribution >= 4 is 23.2 Å². The lowest BCUT2D eigenvalue weighted by atomic mass is 9.90. The van der Waals surface area contributed by atoms with Crippen molar-refractivity contribution in [2.45, 2.75) is 45.2 Å². The first kappa shape index (κ1) is 17.3. The lowest BCUT2D eigenvalue weighted by Crippen LogP contribution is -2.47. The summed E-state index contributed by atoms with van der Waals surface area (Å²) in [6.07, 6.45) is 2.93. The number of hydrogen-bond donors (Lipinski definition) is 0. The molecular formula is C21H24N2O2S. The molecule has 1 aliphatic carbocycles. The maximum absolute atomic E-state index is 13.2. The third kappa shape index (κ3) is 3.16. The molecule has 1 aromatic carbocycles. The van der Waals surface area contributed by atoms with Crippen LogP contribution >= 0.6 is 11.3 Å². The number of benzene rings is 1. The van der Waals surface area contributed by atoms with Gasteiger partial charge in [0.25, 0.3) is 0 Å². The first-order chi connectivity index (χ1) is 12.6. The van der Waals surface area contributed by atoms with E-state index in [0.29, 0.717) is 6.54 Å². The number of carbonyl (C=O) groups excluding carboxylic acids is 2. The summed E-state index contributed by atoms with van der Waals surface area (Å²) in [5.74, 6) is 0.0544. The number of nitrogens with zero attached hydrogens (tertiary/aromatic N) is 2. The standard InChI is InChI=1S/C21H24N2O2S/c1-14-5-3-4-6-17(14)21-18-10-12-26-19(18)9-11-22(21)20(25)13-23(15(2)24)16-7-8-16/h3-6,10,12,16,21H,7-9,11,13H2,1-2H3/t21-/m1/s1. The molecule has 0 bridgehead atoms. The minimum Gasteiger partial charge on any atom is -0.331 e. The molecule has 136 valence electrons. The van der Waals surface area contributed by atoms with Crippen molar-refractivity contribution in [1.29, 1.82) is 0 Å². The predicted molar refractivity (Wildman–Crippen MR) is 103 cm³/mol. The van der Waals surface area contributed by atoms with Gasteiger partial charge in [-0.2, -0.15) is 0 Å². The van der Waals surface area contributed by atoms with Crippen LogP contribution in [0, 0.1) is 6.92 Å². The second-order valence-corrected chi connectivity index (χ2v) is 8.27. The van der Waals surface area contributed by atoms with Crippen molar-refractivity contribution in [3.8, 4) is 0 Å². The number of hydrogen-bond acceptors (Lipinski definition) is 3. The van der Waals surface area contributed by atoms with Crippen molar-refractivity contribution in [2.24, 2.45) is 0 Å². The number of rotatable bonds is 4. The van der Waals surface area contributed by atoms with Crippen LogP contribution in [0.2, 0.25) is 0 Å². The molecule has 1 aromatic heterocycles. The average Bonchev–Trinajstić information content (AvgIpc) is 3.35. The van der Waals surface area contributed by atoms with Crippen molar-refractivity contribution in [2.75, 3.05) is 13.1 Å². The summed E-state index contributed by atoms with van der Waals surface area (Å²) in [5, 5.41) is 2.12. The lowest BCUT2D eigenvalue weighted by molar-refractivity contribution is -0.141. The quantitative estimate of drug-likeness (QED) is 0.828. The largest absolute Gasteiger partial charge is 0.331 e. The minimum absolute atomic E-state index is 0.00141. The molecule has 1 saturated carbocycles. The third-order valence-corrected chi connectivity index (χ3v) is 6.46. The second kappa shape index (κ2) is 6.88. The molecule has 2 amide bonds. The predicted octanol–water partition coefficient (Wildman–Crippen LogP) is 3.54. The second-order valence-electron chi connectivity index (χ2n) is 7.27. The molecule has 0 radical (unpaired) electrons. The Hall–Kier alpha value is -2.14. The monoisotopic (exact) mass is 368 g/mol. The number of thiophene rings is 1. The van der Waals surface area contributed by atoms with Gasteiger partial charge in [-0.25, -0.2) is 0 Å². The van der Waals surface area contributed by atoms with Crippen LogP contribution in [0.15, 0.2) is 35.7 Å². The third-order valence-electron chi connectivity index (χ3n) is 5.47. The SMILES string of the molecule is CC(=O)N(CC(=O)N1CCc2sccc2[C@H]1c1ccccc1C)C1CC1. The summed E-state index contributed by atoms with van der Waals surface area (Å²) < 4.78 is 0. The van der Waals surface area contributed by atoms with Crippen molar-refractivity contribution < 1.29 is 9.59 Å². The van der Waals surface area contributed by atoms with Gasteiger partial charge in [0.1, 0.15) is 6.54 Å². The Labute approximate surface area is 158 Å². The van der Waals surface area contributed by atoms with Crippen LogP contribution in [-0.4, -0.2) is 40.7 Å². The number of carbonyl (C=O) groups is 2. The van der Waals surface area contributed by atoms with Gasteiger partial charge in [0.15, 0.2) is 0 Å². The Morgan fingerprint density at radius 2 is 1.96 bits per heavy atom. The molecule has 1 atom stereocenters. The van der Waals surface area contributed by atoms with Gasteiger partial charge in [-0.3, -0.25) is 9.59 Å². The van der Waals surface area contributed by atoms with Crippen LogP contribution in [0.25, 0.3) is 0 Å². The molecule has 4 rings (SSSR count). The Morgan fingerprint density at radius 3 is 2.65 bits per heavy atom. The molecule has 4 nitrogen and oxygen atoms in total. The smallest absolute Gasteiger partial charge is 0.243 e. The van der Waals surface area contributed by atoms with E-state index in [-0.39, 0.29) is 30.4 Å². The van der Waals surface area contributed by atoms with Crippen LogP contribution in [0.5, 0.6) is 0 Å². The maximum Gasteiger partial charge on any atom is 0.243 e. The van der Waals surface area contributed by atoms with Gasteiger partial charge in [0.2, 0.25) is 11.8 Å². The zero-order valence-corrected chi connectivity index (χ0v) is 16.1. The topological polar surface area (TPSA) is 40.6 Å². The lowest BCUT2D eigenvalue weighted by Gasteiger charge is -2.38. The summed E-state index contributed by atoms with van der Waals surface area (Å²) in [6.45, 7) is 4.58. The highest BCUT2D eigenvalue weighted by atomic mass is 32.1. The summed E-state index contributed by atoms with van der Waals surface area (Å²) in [5.41, 5.74) is 3.62. The summed E-state index contributed by atoms with van der Waals surface area (Å²) in [6, 6.07) is 10.7. The normalized spacial score (nSPS) is 19.2. The Balaban J connectivity index is 1.67. The highest BCUT2D eigenvalue weighted by molar-refractivity contribution is 7.10. The zero-order chi connectivity index (χ0) is 18.3. The summed E-state index contributed by atoms with van der Waals surface area (Å²) >= 11 is 1.77. The van der Waals surface area contributed by atoms with Gasteiger partial charge in [-0.1, -0.05) is 24.3 Å². The number of amides is 2. The molecule has 26 heavy (non-hydrogen) atoms. The van der Waals surface area contributed by atoms with E-state index in [4.69, 9.17) is 0 Å². The van der Waals surface area contributed by atoms with Gasteiger partial charge in [-0.15, -0.1) is 11.3 Å². The molecule has 0 saturated heterocycles. The molecule has 2 aromatic rings. The fraction of sp³-hybridized carbons (Fsp3) is 0.429. The molecule has 1 aliphatic heterocycles. The van der Waals surface area contributed by atoms with Crippen molar-refractivity contribution in [3.63, 3.8) is 0 Å². The highest BCUT2D eigenvalue weighted by Gasteiger charge is 2.37. The van der Waals surface area contributed by atoms with Crippen molar-refractivity contribution in [1.82, 2.24) is 9.80 Å². The molecule has 0 N–H and O–H groups in total. The fourth-order valence-electron chi connectivity index (χ4n) is 3.93. The van der Waals surface area contributed by atoms with Gasteiger partial charge in [0, 0.05) is 24.4 Å². The molecule has 0 unspecified atom stereocenters. The molecule has 1 fully saturated rings. The van der Waals surface area contributed by atoms with Gasteiger partial charge in [-0.05, 0) is 54.3 Å². The summed E-state index contributed by atoms with van der Waals surface area (Å²) in [7, 11) is 0. The number of aryl methyl sites for hydroxylation is 1. The van der Waals surface area contributed by atoms with Crippen LogP contribution < -0.4 is 0 Å². The molecular weight excluding hydrogens is 344 g/mol. The Bertz CT molecular complexity index is 840. The maximum atomic E-state index is 13.2. The zero-order valence-electron chi connectivity index (χ0n) is 15.3. The minimum atomic E-state index is -0.0493. The average molecular weight is 369 g/mol. The van der Waals surface area contributed by atoms with Gasteiger partial charge < -0.3 is 9.80 Å². The van der Waals surface area contributed by atoms with E-state index in [9.17, 15) is 9.59 Å². The van der Waals surface area contributed by atoms with E-state index in [0.717, 1.165) is 19.3 Å². The van der Waals surface area contributed by atoms with E-state index >= 15 is 0 Å². The van der Waals surface area contributed by atoms with Crippen LogP contribution in [0.3, 0.4) is 0 Å². The number of fused-ring (bicyclic) bond motifs is 1. The molecule has 5 heteroatoms. The highest BCUT2D eigenvalue weighted by Crippen LogP contribution is 2.39. The van der Waals surface area contributed by atoms with E-state index in [1.807, 2.05) is 17.0 Å². The van der Waals surface area contributed by atoms with Gasteiger partial charge in [0.05, 0.1) is 6.04 Å². The Morgan fingerprint density at radius 1 is 1.19 bits per heavy atom.